The summed E-state index contributed by atoms with van der Waals surface area (Å²) in [6.07, 6.45) is 22.8. The maximum Gasteiger partial charge on any atom is 0.338 e. The molecule has 180 valence electrons. The molecule has 2 aromatic rings. The molecular formula is C29H42N2O2. The van der Waals surface area contributed by atoms with Crippen LogP contribution in [-0.4, -0.2) is 15.9 Å². The van der Waals surface area contributed by atoms with Gasteiger partial charge in [-0.05, 0) is 30.4 Å². The van der Waals surface area contributed by atoms with Crippen molar-refractivity contribution < 1.29 is 9.53 Å². The van der Waals surface area contributed by atoms with Crippen LogP contribution in [0.5, 0.6) is 6.01 Å². The summed E-state index contributed by atoms with van der Waals surface area (Å²) in [5, 5.41) is 0. The van der Waals surface area contributed by atoms with Crippen LogP contribution in [0.4, 0.5) is 0 Å². The normalized spacial score (nSPS) is 12.2. The van der Waals surface area contributed by atoms with Gasteiger partial charge in [0.1, 0.15) is 0 Å². The number of carbonyl (C=O) groups excluding carboxylic acids is 1. The number of allylic oxidation sites excluding steroid dienone is 1. The highest BCUT2D eigenvalue weighted by atomic mass is 16.5. The lowest BCUT2D eigenvalue weighted by Crippen LogP contribution is -2.08. The van der Waals surface area contributed by atoms with Crippen molar-refractivity contribution in [3.05, 3.63) is 66.0 Å². The van der Waals surface area contributed by atoms with Gasteiger partial charge >= 0.3 is 12.0 Å². The van der Waals surface area contributed by atoms with Gasteiger partial charge in [0.15, 0.2) is 0 Å². The molecule has 0 radical (unpaired) electrons. The molecule has 0 aliphatic carbocycles. The first-order valence-corrected chi connectivity index (χ1v) is 13.0. The fraction of sp³-hybridized carbons (Fsp3) is 0.552. The second-order valence-electron chi connectivity index (χ2n) is 8.89. The van der Waals surface area contributed by atoms with Crippen LogP contribution in [-0.2, 0) is 11.2 Å². The first-order valence-electron chi connectivity index (χ1n) is 13.0. The maximum atomic E-state index is 12.4. The lowest BCUT2D eigenvalue weighted by molar-refractivity contribution is -0.129. The Balaban J connectivity index is 1.81. The van der Waals surface area contributed by atoms with E-state index in [1.165, 1.54) is 69.4 Å². The number of hydrogen-bond acceptors (Lipinski definition) is 4. The predicted octanol–water partition coefficient (Wildman–Crippen LogP) is 7.99. The van der Waals surface area contributed by atoms with Crippen molar-refractivity contribution in [3.8, 4) is 6.01 Å². The molecule has 0 fully saturated rings. The molecule has 1 atom stereocenters. The fourth-order valence-electron chi connectivity index (χ4n) is 3.99. The summed E-state index contributed by atoms with van der Waals surface area (Å²) in [5.41, 5.74) is 2.32. The zero-order valence-corrected chi connectivity index (χ0v) is 20.7. The van der Waals surface area contributed by atoms with Crippen LogP contribution in [0.15, 0.2) is 54.9 Å². The topological polar surface area (TPSA) is 52.1 Å². The van der Waals surface area contributed by atoms with Crippen LogP contribution in [0, 0.1) is 0 Å². The monoisotopic (exact) mass is 450 g/mol. The average Bonchev–Trinajstić information content (AvgIpc) is 2.84. The Morgan fingerprint density at radius 2 is 1.45 bits per heavy atom. The molecule has 1 unspecified atom stereocenters. The molecule has 0 saturated carbocycles. The van der Waals surface area contributed by atoms with Gasteiger partial charge in [0.05, 0.1) is 0 Å². The molecule has 4 nitrogen and oxygen atoms in total. The van der Waals surface area contributed by atoms with Crippen molar-refractivity contribution in [1.29, 1.82) is 0 Å². The summed E-state index contributed by atoms with van der Waals surface area (Å²) < 4.78 is 5.34. The molecule has 1 heterocycles. The smallest absolute Gasteiger partial charge is 0.338 e. The van der Waals surface area contributed by atoms with Gasteiger partial charge in [-0.3, -0.25) is 0 Å². The van der Waals surface area contributed by atoms with Crippen LogP contribution in [0.25, 0.3) is 0 Å². The third-order valence-electron chi connectivity index (χ3n) is 6.00. The Morgan fingerprint density at radius 3 is 2.12 bits per heavy atom. The summed E-state index contributed by atoms with van der Waals surface area (Å²) in [5.74, 6) is -0.216. The molecule has 2 rings (SSSR count). The van der Waals surface area contributed by atoms with Crippen LogP contribution in [0.3, 0.4) is 0 Å². The van der Waals surface area contributed by atoms with Crippen molar-refractivity contribution >= 4 is 5.97 Å². The number of aryl methyl sites for hydroxylation is 1. The Hall–Kier alpha value is -2.49. The van der Waals surface area contributed by atoms with E-state index in [1.807, 2.05) is 24.3 Å². The average molecular weight is 451 g/mol. The summed E-state index contributed by atoms with van der Waals surface area (Å²) in [6.45, 7) is 4.46. The van der Waals surface area contributed by atoms with E-state index in [-0.39, 0.29) is 11.9 Å². The SMILES string of the molecule is CCCCCCCCc1cnc(OC(=O)/C=C/C(CCCCCCC)c2ccccc2)nc1. The molecule has 33 heavy (non-hydrogen) atoms. The number of nitrogens with zero attached hydrogens (tertiary/aromatic N) is 2. The largest absolute Gasteiger partial charge is 0.388 e. The number of unbranched alkanes of at least 4 members (excludes halogenated alkanes) is 9. The quantitative estimate of drug-likeness (QED) is 0.139. The van der Waals surface area contributed by atoms with Crippen molar-refractivity contribution in [2.24, 2.45) is 0 Å². The summed E-state index contributed by atoms with van der Waals surface area (Å²) in [7, 11) is 0. The van der Waals surface area contributed by atoms with Crippen LogP contribution in [0.1, 0.15) is 108 Å². The first kappa shape index (κ1) is 26.8. The van der Waals surface area contributed by atoms with E-state index in [9.17, 15) is 4.79 Å². The zero-order valence-electron chi connectivity index (χ0n) is 20.7. The summed E-state index contributed by atoms with van der Waals surface area (Å²) in [6, 6.07) is 10.5. The van der Waals surface area contributed by atoms with Gasteiger partial charge in [-0.2, -0.15) is 0 Å². The maximum absolute atomic E-state index is 12.4. The zero-order chi connectivity index (χ0) is 23.6. The van der Waals surface area contributed by atoms with Crippen molar-refractivity contribution in [1.82, 2.24) is 9.97 Å². The third-order valence-corrected chi connectivity index (χ3v) is 6.00. The molecule has 0 bridgehead atoms. The number of esters is 1. The van der Waals surface area contributed by atoms with Crippen LogP contribution < -0.4 is 4.74 Å². The number of rotatable bonds is 17. The molecule has 0 amide bonds. The number of ether oxygens (including phenoxy) is 1. The number of hydrogen-bond donors (Lipinski definition) is 0. The Bertz CT molecular complexity index is 787. The van der Waals surface area contributed by atoms with E-state index >= 15 is 0 Å². The molecule has 0 aliphatic rings. The standard InChI is InChI=1S/C29H42N2O2/c1-3-5-7-9-11-13-17-25-23-30-29(31-24-25)33-28(32)22-21-27(20-14-10-8-6-4-2)26-18-15-12-16-19-26/h12,15-16,18-19,21-24,27H,3-11,13-14,17,20H2,1-2H3/b22-21+. The molecule has 1 aromatic carbocycles. The van der Waals surface area contributed by atoms with Gasteiger partial charge in [-0.25, -0.2) is 14.8 Å². The number of aromatic nitrogens is 2. The van der Waals surface area contributed by atoms with Gasteiger partial charge in [0, 0.05) is 24.4 Å². The van der Waals surface area contributed by atoms with E-state index in [2.05, 4.69) is 35.9 Å². The minimum absolute atomic E-state index is 0.118. The molecule has 4 heteroatoms. The van der Waals surface area contributed by atoms with Crippen molar-refractivity contribution in [2.75, 3.05) is 0 Å². The summed E-state index contributed by atoms with van der Waals surface area (Å²) >= 11 is 0. The van der Waals surface area contributed by atoms with Gasteiger partial charge in [0.25, 0.3) is 0 Å². The lowest BCUT2D eigenvalue weighted by Gasteiger charge is -2.13. The van der Waals surface area contributed by atoms with E-state index in [1.54, 1.807) is 12.4 Å². The van der Waals surface area contributed by atoms with Crippen LogP contribution >= 0.6 is 0 Å². The number of benzene rings is 1. The van der Waals surface area contributed by atoms with Gasteiger partial charge in [-0.1, -0.05) is 114 Å². The van der Waals surface area contributed by atoms with E-state index < -0.39 is 5.97 Å². The van der Waals surface area contributed by atoms with Crippen molar-refractivity contribution in [2.45, 2.75) is 103 Å². The molecule has 1 aromatic heterocycles. The highest BCUT2D eigenvalue weighted by Gasteiger charge is 2.10. The predicted molar refractivity (Wildman–Crippen MR) is 136 cm³/mol. The molecule has 0 spiro atoms. The Morgan fingerprint density at radius 1 is 0.848 bits per heavy atom. The summed E-state index contributed by atoms with van der Waals surface area (Å²) in [4.78, 5) is 20.8. The molecular weight excluding hydrogens is 408 g/mol. The Kier molecular flexibility index (Phi) is 13.8. The molecule has 0 N–H and O–H groups in total. The fourth-order valence-corrected chi connectivity index (χ4v) is 3.99. The van der Waals surface area contributed by atoms with Gasteiger partial charge < -0.3 is 4.74 Å². The van der Waals surface area contributed by atoms with Gasteiger partial charge in [-0.15, -0.1) is 0 Å². The number of carbonyl (C=O) groups is 1. The van der Waals surface area contributed by atoms with E-state index in [4.69, 9.17) is 4.74 Å². The highest BCUT2D eigenvalue weighted by Crippen LogP contribution is 2.24. The highest BCUT2D eigenvalue weighted by molar-refractivity contribution is 5.83. The first-order chi connectivity index (χ1) is 16.2. The second-order valence-corrected chi connectivity index (χ2v) is 8.89. The molecule has 0 saturated heterocycles. The minimum Gasteiger partial charge on any atom is -0.388 e. The van der Waals surface area contributed by atoms with E-state index in [0.29, 0.717) is 0 Å². The Labute approximate surface area is 200 Å². The van der Waals surface area contributed by atoms with Gasteiger partial charge in [0.2, 0.25) is 0 Å². The van der Waals surface area contributed by atoms with Crippen molar-refractivity contribution in [3.63, 3.8) is 0 Å². The minimum atomic E-state index is -0.425. The second kappa shape index (κ2) is 17.0. The van der Waals surface area contributed by atoms with Crippen LogP contribution in [0.2, 0.25) is 0 Å². The molecule has 0 aliphatic heterocycles. The third kappa shape index (κ3) is 11.8. The lowest BCUT2D eigenvalue weighted by atomic mass is 9.92. The van der Waals surface area contributed by atoms with E-state index in [0.717, 1.165) is 31.2 Å².